The Morgan fingerprint density at radius 2 is 1.71 bits per heavy atom. The van der Waals surface area contributed by atoms with Crippen LogP contribution in [0.4, 0.5) is 10.2 Å². The lowest BCUT2D eigenvalue weighted by Crippen LogP contribution is -2.48. The molecule has 0 radical (unpaired) electrons. The Morgan fingerprint density at radius 3 is 2.47 bits per heavy atom. The van der Waals surface area contributed by atoms with E-state index in [0.29, 0.717) is 60.2 Å². The van der Waals surface area contributed by atoms with Crippen molar-refractivity contribution in [3.8, 4) is 34.4 Å². The fourth-order valence-corrected chi connectivity index (χ4v) is 7.07. The van der Waals surface area contributed by atoms with Gasteiger partial charge >= 0.3 is 0 Å². The number of hydrogen-bond acceptors (Lipinski definition) is 9. The van der Waals surface area contributed by atoms with Gasteiger partial charge in [-0.1, -0.05) is 42.5 Å². The van der Waals surface area contributed by atoms with Crippen molar-refractivity contribution in [1.82, 2.24) is 34.3 Å². The molecule has 0 atom stereocenters. The van der Waals surface area contributed by atoms with Gasteiger partial charge in [0.15, 0.2) is 16.5 Å². The standard InChI is InChI=1S/C37H28FN9OS/c38-25-19-28(33-31(20-25)49-32(21-39)44-33)37(48)46-17-15-45(16-18-46)22-23-8-10-26(11-9-23)47-35(27-7-4-14-41-34(27)40)43-30-13-12-29(42-36(30)47)24-5-2-1-3-6-24/h1-14,19-20H,15-18,22H2,(H2,40,41). The predicted molar refractivity (Wildman–Crippen MR) is 187 cm³/mol. The molecule has 10 nitrogen and oxygen atoms in total. The van der Waals surface area contributed by atoms with E-state index in [4.69, 9.17) is 15.7 Å². The summed E-state index contributed by atoms with van der Waals surface area (Å²) >= 11 is 1.08. The van der Waals surface area contributed by atoms with Crippen LogP contribution in [0.15, 0.2) is 97.2 Å². The molecule has 0 aliphatic carbocycles. The molecular formula is C37H28FN9OS. The number of nitrogens with zero attached hydrogens (tertiary/aromatic N) is 8. The molecule has 0 bridgehead atoms. The van der Waals surface area contributed by atoms with E-state index in [0.717, 1.165) is 44.9 Å². The molecule has 4 aromatic heterocycles. The maximum atomic E-state index is 14.4. The van der Waals surface area contributed by atoms with E-state index in [1.54, 1.807) is 11.1 Å². The van der Waals surface area contributed by atoms with Crippen LogP contribution in [0, 0.1) is 17.1 Å². The molecule has 5 heterocycles. The summed E-state index contributed by atoms with van der Waals surface area (Å²) in [5, 5.41) is 9.46. The first-order valence-corrected chi connectivity index (χ1v) is 16.5. The van der Waals surface area contributed by atoms with Crippen LogP contribution in [0.2, 0.25) is 0 Å². The zero-order valence-electron chi connectivity index (χ0n) is 26.1. The SMILES string of the molecule is N#Cc1nc2c(C(=O)N3CCN(Cc4ccc(-n5c(-c6cccnc6N)nc6ccc(-c7ccccc7)nc65)cc4)CC3)cc(F)cc2s1. The number of nitrogen functional groups attached to an aromatic ring is 1. The maximum absolute atomic E-state index is 14.4. The number of aromatic nitrogens is 5. The number of thiazole rings is 1. The van der Waals surface area contributed by atoms with Gasteiger partial charge in [-0.15, -0.1) is 11.3 Å². The van der Waals surface area contributed by atoms with Gasteiger partial charge in [0.1, 0.15) is 23.2 Å². The number of benzene rings is 3. The summed E-state index contributed by atoms with van der Waals surface area (Å²) in [5.74, 6) is 0.254. The van der Waals surface area contributed by atoms with E-state index in [9.17, 15) is 14.4 Å². The molecule has 0 spiro atoms. The topological polar surface area (TPSA) is 130 Å². The molecule has 1 aliphatic heterocycles. The van der Waals surface area contributed by atoms with Crippen molar-refractivity contribution >= 4 is 44.4 Å². The number of pyridine rings is 2. The minimum absolute atomic E-state index is 0.196. The highest BCUT2D eigenvalue weighted by Crippen LogP contribution is 2.32. The zero-order valence-corrected chi connectivity index (χ0v) is 26.9. The fourth-order valence-electron chi connectivity index (χ4n) is 6.25. The molecule has 1 amide bonds. The van der Waals surface area contributed by atoms with Crippen LogP contribution in [-0.2, 0) is 6.54 Å². The van der Waals surface area contributed by atoms with Gasteiger partial charge < -0.3 is 10.6 Å². The minimum Gasteiger partial charge on any atom is -0.383 e. The predicted octanol–water partition coefficient (Wildman–Crippen LogP) is 6.31. The van der Waals surface area contributed by atoms with Crippen molar-refractivity contribution in [3.05, 3.63) is 119 Å². The van der Waals surface area contributed by atoms with Gasteiger partial charge in [0.05, 0.1) is 27.0 Å². The van der Waals surface area contributed by atoms with Gasteiger partial charge in [-0.25, -0.2) is 24.3 Å². The lowest BCUT2D eigenvalue weighted by Gasteiger charge is -2.34. The number of imidazole rings is 1. The summed E-state index contributed by atoms with van der Waals surface area (Å²) in [6.45, 7) is 3.02. The molecule has 2 N–H and O–H groups in total. The van der Waals surface area contributed by atoms with E-state index < -0.39 is 5.82 Å². The summed E-state index contributed by atoms with van der Waals surface area (Å²) < 4.78 is 16.9. The summed E-state index contributed by atoms with van der Waals surface area (Å²) in [4.78, 5) is 36.0. The van der Waals surface area contributed by atoms with Gasteiger partial charge in [0, 0.05) is 50.2 Å². The number of nitriles is 1. The molecule has 240 valence electrons. The van der Waals surface area contributed by atoms with Crippen LogP contribution in [-0.4, -0.2) is 66.4 Å². The third kappa shape index (κ3) is 5.75. The molecule has 49 heavy (non-hydrogen) atoms. The van der Waals surface area contributed by atoms with Gasteiger partial charge in [-0.2, -0.15) is 5.26 Å². The Bertz CT molecular complexity index is 2390. The van der Waals surface area contributed by atoms with E-state index >= 15 is 0 Å². The number of hydrogen-bond donors (Lipinski definition) is 1. The maximum Gasteiger partial charge on any atom is 0.256 e. The summed E-state index contributed by atoms with van der Waals surface area (Å²) in [6, 6.07) is 30.6. The van der Waals surface area contributed by atoms with Crippen molar-refractivity contribution in [2.75, 3.05) is 31.9 Å². The number of anilines is 1. The average molecular weight is 666 g/mol. The minimum atomic E-state index is -0.516. The normalized spacial score (nSPS) is 13.6. The first-order valence-electron chi connectivity index (χ1n) is 15.7. The summed E-state index contributed by atoms with van der Waals surface area (Å²) in [7, 11) is 0. The van der Waals surface area contributed by atoms with Gasteiger partial charge in [-0.3, -0.25) is 14.3 Å². The monoisotopic (exact) mass is 665 g/mol. The second-order valence-corrected chi connectivity index (χ2v) is 12.8. The third-order valence-corrected chi connectivity index (χ3v) is 9.61. The highest BCUT2D eigenvalue weighted by atomic mass is 32.1. The summed E-state index contributed by atoms with van der Waals surface area (Å²) in [6.07, 6.45) is 1.66. The second-order valence-electron chi connectivity index (χ2n) is 11.8. The lowest BCUT2D eigenvalue weighted by molar-refractivity contribution is 0.0630. The second kappa shape index (κ2) is 12.5. The van der Waals surface area contributed by atoms with Crippen molar-refractivity contribution in [1.29, 1.82) is 5.26 Å². The quantitative estimate of drug-likeness (QED) is 0.219. The smallest absolute Gasteiger partial charge is 0.256 e. The fraction of sp³-hybridized carbons (Fsp3) is 0.135. The molecule has 1 aliphatic rings. The molecule has 0 saturated carbocycles. The molecule has 3 aromatic carbocycles. The van der Waals surface area contributed by atoms with Crippen molar-refractivity contribution in [2.45, 2.75) is 6.54 Å². The Balaban J connectivity index is 1.03. The van der Waals surface area contributed by atoms with Crippen LogP contribution >= 0.6 is 11.3 Å². The lowest BCUT2D eigenvalue weighted by atomic mass is 10.1. The Labute approximate surface area is 284 Å². The van der Waals surface area contributed by atoms with Gasteiger partial charge in [-0.05, 0) is 54.1 Å². The highest BCUT2D eigenvalue weighted by molar-refractivity contribution is 7.19. The summed E-state index contributed by atoms with van der Waals surface area (Å²) in [5.41, 5.74) is 12.9. The van der Waals surface area contributed by atoms with Crippen LogP contribution in [0.1, 0.15) is 20.9 Å². The third-order valence-electron chi connectivity index (χ3n) is 8.70. The number of carbonyl (C=O) groups is 1. The molecular weight excluding hydrogens is 638 g/mol. The molecule has 7 aromatic rings. The number of piperazine rings is 1. The van der Waals surface area contributed by atoms with Crippen LogP contribution in [0.3, 0.4) is 0 Å². The van der Waals surface area contributed by atoms with Crippen molar-refractivity contribution in [3.63, 3.8) is 0 Å². The largest absolute Gasteiger partial charge is 0.383 e. The molecule has 1 saturated heterocycles. The first kappa shape index (κ1) is 30.3. The van der Waals surface area contributed by atoms with E-state index in [1.165, 1.54) is 12.1 Å². The first-order chi connectivity index (χ1) is 23.9. The zero-order chi connectivity index (χ0) is 33.5. The van der Waals surface area contributed by atoms with E-state index in [1.807, 2.05) is 65.2 Å². The molecule has 8 rings (SSSR count). The number of amides is 1. The van der Waals surface area contributed by atoms with Crippen molar-refractivity contribution in [2.24, 2.45) is 0 Å². The Hall–Kier alpha value is -6.03. The molecule has 12 heteroatoms. The molecule has 0 unspecified atom stereocenters. The number of rotatable bonds is 6. The molecule has 1 fully saturated rings. The van der Waals surface area contributed by atoms with Crippen LogP contribution < -0.4 is 5.73 Å². The van der Waals surface area contributed by atoms with E-state index in [2.05, 4.69) is 39.1 Å². The van der Waals surface area contributed by atoms with Crippen LogP contribution in [0.25, 0.3) is 49.7 Å². The van der Waals surface area contributed by atoms with E-state index in [-0.39, 0.29) is 16.5 Å². The Morgan fingerprint density at radius 1 is 0.918 bits per heavy atom. The number of carbonyl (C=O) groups excluding carboxylic acids is 1. The van der Waals surface area contributed by atoms with Crippen molar-refractivity contribution < 1.29 is 9.18 Å². The average Bonchev–Trinajstić information content (AvgIpc) is 3.73. The van der Waals surface area contributed by atoms with Gasteiger partial charge in [0.2, 0.25) is 0 Å². The van der Waals surface area contributed by atoms with Gasteiger partial charge in [0.25, 0.3) is 5.91 Å². The number of halogens is 1. The number of fused-ring (bicyclic) bond motifs is 2. The Kier molecular flexibility index (Phi) is 7.75. The van der Waals surface area contributed by atoms with Crippen LogP contribution in [0.5, 0.6) is 0 Å². The number of nitrogens with two attached hydrogens (primary N) is 1. The highest BCUT2D eigenvalue weighted by Gasteiger charge is 2.26.